The van der Waals surface area contributed by atoms with Crippen molar-refractivity contribution in [2.24, 2.45) is 0 Å². The van der Waals surface area contributed by atoms with Gasteiger partial charge in [-0.25, -0.2) is 9.59 Å². The van der Waals surface area contributed by atoms with Crippen molar-refractivity contribution in [3.05, 3.63) is 12.7 Å². The second kappa shape index (κ2) is 6.94. The number of carbonyl (C=O) groups excluding carboxylic acids is 2. The normalized spacial score (nSPS) is 11.3. The summed E-state index contributed by atoms with van der Waals surface area (Å²) in [6.07, 6.45) is -0.417. The molecule has 0 saturated heterocycles. The van der Waals surface area contributed by atoms with Crippen molar-refractivity contribution in [2.75, 3.05) is 13.2 Å². The maximum Gasteiger partial charge on any atom is 0.509 e. The molecule has 0 N–H and O–H groups in total. The maximum absolute atomic E-state index is 11.0. The second-order valence-corrected chi connectivity index (χ2v) is 2.36. The molecule has 0 aliphatic carbocycles. The predicted octanol–water partition coefficient (Wildman–Crippen LogP) is 1.28. The number of hydrogen-bond acceptors (Lipinski definition) is 5. The molecule has 0 rings (SSSR count). The Hall–Kier alpha value is -1.52. The topological polar surface area (TPSA) is 61.8 Å². The van der Waals surface area contributed by atoms with E-state index >= 15 is 0 Å². The van der Waals surface area contributed by atoms with Crippen LogP contribution in [0, 0.1) is 0 Å². The van der Waals surface area contributed by atoms with Gasteiger partial charge in [-0.15, -0.1) is 0 Å². The smallest absolute Gasteiger partial charge is 0.459 e. The summed E-state index contributed by atoms with van der Waals surface area (Å²) in [7, 11) is 0. The summed E-state index contributed by atoms with van der Waals surface area (Å²) in [6.45, 7) is 6.71. The fourth-order valence-corrected chi connectivity index (χ4v) is 0.603. The van der Waals surface area contributed by atoms with Gasteiger partial charge in [-0.3, -0.25) is 0 Å². The van der Waals surface area contributed by atoms with E-state index in [2.05, 4.69) is 20.8 Å². The molecule has 0 aromatic heterocycles. The van der Waals surface area contributed by atoms with E-state index in [9.17, 15) is 9.59 Å². The van der Waals surface area contributed by atoms with Gasteiger partial charge in [-0.2, -0.15) is 0 Å². The van der Waals surface area contributed by atoms with Crippen LogP contribution in [-0.2, 0) is 19.0 Å². The summed E-state index contributed by atoms with van der Waals surface area (Å²) < 4.78 is 13.7. The van der Waals surface area contributed by atoms with Crippen LogP contribution >= 0.6 is 0 Å². The SMILES string of the molecule is C=CCOC(=O)[C@H](C)OC(=O)OCC. The zero-order chi connectivity index (χ0) is 11.0. The third-order valence-corrected chi connectivity index (χ3v) is 1.21. The highest BCUT2D eigenvalue weighted by Crippen LogP contribution is 1.97. The van der Waals surface area contributed by atoms with E-state index in [-0.39, 0.29) is 13.2 Å². The Morgan fingerprint density at radius 1 is 1.43 bits per heavy atom. The number of esters is 1. The molecule has 14 heavy (non-hydrogen) atoms. The van der Waals surface area contributed by atoms with Crippen molar-refractivity contribution in [1.82, 2.24) is 0 Å². The van der Waals surface area contributed by atoms with Gasteiger partial charge < -0.3 is 14.2 Å². The standard InChI is InChI=1S/C9H14O5/c1-4-6-13-8(10)7(3)14-9(11)12-5-2/h4,7H,1,5-6H2,2-3H3/t7-/m0/s1. The van der Waals surface area contributed by atoms with Gasteiger partial charge in [0.25, 0.3) is 0 Å². The average Bonchev–Trinajstić information content (AvgIpc) is 2.14. The number of ether oxygens (including phenoxy) is 3. The minimum Gasteiger partial charge on any atom is -0.459 e. The Balaban J connectivity index is 3.82. The van der Waals surface area contributed by atoms with Gasteiger partial charge in [-0.1, -0.05) is 12.7 Å². The first-order chi connectivity index (χ1) is 6.61. The van der Waals surface area contributed by atoms with Crippen LogP contribution in [0.3, 0.4) is 0 Å². The van der Waals surface area contributed by atoms with E-state index < -0.39 is 18.2 Å². The number of rotatable bonds is 5. The Bertz CT molecular complexity index is 211. The lowest BCUT2D eigenvalue weighted by Crippen LogP contribution is -2.26. The van der Waals surface area contributed by atoms with Crippen LogP contribution in [0.1, 0.15) is 13.8 Å². The zero-order valence-electron chi connectivity index (χ0n) is 8.32. The van der Waals surface area contributed by atoms with Crippen LogP contribution < -0.4 is 0 Å². The minimum absolute atomic E-state index is 0.0926. The first kappa shape index (κ1) is 12.5. The summed E-state index contributed by atoms with van der Waals surface area (Å²) in [6, 6.07) is 0. The van der Waals surface area contributed by atoms with Crippen LogP contribution in [0.5, 0.6) is 0 Å². The fraction of sp³-hybridized carbons (Fsp3) is 0.556. The molecule has 0 bridgehead atoms. The highest BCUT2D eigenvalue weighted by molar-refractivity contribution is 5.77. The Labute approximate surface area is 82.6 Å². The molecule has 0 spiro atoms. The summed E-state index contributed by atoms with van der Waals surface area (Å²) in [5.41, 5.74) is 0. The van der Waals surface area contributed by atoms with E-state index in [0.717, 1.165) is 0 Å². The molecule has 0 saturated carbocycles. The Morgan fingerprint density at radius 3 is 2.57 bits per heavy atom. The molecule has 5 nitrogen and oxygen atoms in total. The van der Waals surface area contributed by atoms with Gasteiger partial charge in [-0.05, 0) is 13.8 Å². The molecule has 0 aliphatic rings. The molecule has 0 aliphatic heterocycles. The lowest BCUT2D eigenvalue weighted by atomic mass is 10.4. The first-order valence-corrected chi connectivity index (χ1v) is 4.22. The van der Waals surface area contributed by atoms with Crippen molar-refractivity contribution in [3.63, 3.8) is 0 Å². The van der Waals surface area contributed by atoms with Crippen molar-refractivity contribution >= 4 is 12.1 Å². The molecular weight excluding hydrogens is 188 g/mol. The highest BCUT2D eigenvalue weighted by Gasteiger charge is 2.19. The van der Waals surface area contributed by atoms with Crippen LogP contribution in [0.4, 0.5) is 4.79 Å². The monoisotopic (exact) mass is 202 g/mol. The quantitative estimate of drug-likeness (QED) is 0.496. The van der Waals surface area contributed by atoms with Crippen LogP contribution in [0.25, 0.3) is 0 Å². The Kier molecular flexibility index (Phi) is 6.19. The van der Waals surface area contributed by atoms with E-state index in [0.29, 0.717) is 0 Å². The van der Waals surface area contributed by atoms with Gasteiger partial charge in [0.05, 0.1) is 6.61 Å². The minimum atomic E-state index is -0.964. The van der Waals surface area contributed by atoms with Crippen molar-refractivity contribution in [2.45, 2.75) is 20.0 Å². The lowest BCUT2D eigenvalue weighted by molar-refractivity contribution is -0.152. The molecule has 0 unspecified atom stereocenters. The molecule has 0 fully saturated rings. The molecule has 0 aromatic carbocycles. The molecule has 0 heterocycles. The van der Waals surface area contributed by atoms with Gasteiger partial charge in [0.1, 0.15) is 6.61 Å². The molecular formula is C9H14O5. The molecule has 80 valence electrons. The average molecular weight is 202 g/mol. The van der Waals surface area contributed by atoms with Gasteiger partial charge in [0, 0.05) is 0 Å². The highest BCUT2D eigenvalue weighted by atomic mass is 16.7. The fourth-order valence-electron chi connectivity index (χ4n) is 0.603. The summed E-state index contributed by atoms with van der Waals surface area (Å²) in [5.74, 6) is -0.627. The van der Waals surface area contributed by atoms with Crippen LogP contribution in [0.2, 0.25) is 0 Å². The predicted molar refractivity (Wildman–Crippen MR) is 48.7 cm³/mol. The van der Waals surface area contributed by atoms with Crippen LogP contribution in [0.15, 0.2) is 12.7 Å². The second-order valence-electron chi connectivity index (χ2n) is 2.36. The zero-order valence-corrected chi connectivity index (χ0v) is 8.32. The largest absolute Gasteiger partial charge is 0.509 e. The third kappa shape index (κ3) is 5.18. The summed E-state index contributed by atoms with van der Waals surface area (Å²) in [4.78, 5) is 21.8. The van der Waals surface area contributed by atoms with Gasteiger partial charge in [0.15, 0.2) is 6.10 Å². The molecule has 0 aromatic rings. The van der Waals surface area contributed by atoms with E-state index in [1.807, 2.05) is 0 Å². The number of hydrogen-bond donors (Lipinski definition) is 0. The number of carbonyl (C=O) groups is 2. The molecule has 0 radical (unpaired) electrons. The molecule has 5 heteroatoms. The van der Waals surface area contributed by atoms with Gasteiger partial charge >= 0.3 is 12.1 Å². The molecule has 1 atom stereocenters. The Morgan fingerprint density at radius 2 is 2.07 bits per heavy atom. The summed E-state index contributed by atoms with van der Waals surface area (Å²) >= 11 is 0. The van der Waals surface area contributed by atoms with Crippen molar-refractivity contribution < 1.29 is 23.8 Å². The molecule has 0 amide bonds. The van der Waals surface area contributed by atoms with Crippen molar-refractivity contribution in [3.8, 4) is 0 Å². The van der Waals surface area contributed by atoms with E-state index in [1.165, 1.54) is 13.0 Å². The summed E-state index contributed by atoms with van der Waals surface area (Å²) in [5, 5.41) is 0. The third-order valence-electron chi connectivity index (χ3n) is 1.21. The first-order valence-electron chi connectivity index (χ1n) is 4.22. The van der Waals surface area contributed by atoms with Crippen molar-refractivity contribution in [1.29, 1.82) is 0 Å². The van der Waals surface area contributed by atoms with E-state index in [4.69, 9.17) is 0 Å². The lowest BCUT2D eigenvalue weighted by Gasteiger charge is -2.10. The van der Waals surface area contributed by atoms with Gasteiger partial charge in [0.2, 0.25) is 0 Å². The van der Waals surface area contributed by atoms with Crippen LogP contribution in [-0.4, -0.2) is 31.4 Å². The maximum atomic E-state index is 11.0. The van der Waals surface area contributed by atoms with E-state index in [1.54, 1.807) is 6.92 Å².